The van der Waals surface area contributed by atoms with Gasteiger partial charge < -0.3 is 14.2 Å². The van der Waals surface area contributed by atoms with Crippen molar-refractivity contribution >= 4 is 17.7 Å². The van der Waals surface area contributed by atoms with Gasteiger partial charge in [0, 0.05) is 24.9 Å². The Kier molecular flexibility index (Phi) is 7.55. The van der Waals surface area contributed by atoms with Crippen molar-refractivity contribution in [3.05, 3.63) is 30.2 Å². The van der Waals surface area contributed by atoms with E-state index in [9.17, 15) is 0 Å². The first-order valence-corrected chi connectivity index (χ1v) is 12.7. The normalized spacial score (nSPS) is 19.3. The molecule has 4 rings (SSSR count). The molecule has 0 N–H and O–H groups in total. The van der Waals surface area contributed by atoms with Crippen LogP contribution in [0.5, 0.6) is 5.75 Å². The average molecular weight is 432 g/mol. The minimum Gasteiger partial charge on any atom is -0.494 e. The van der Waals surface area contributed by atoms with Crippen molar-refractivity contribution < 1.29 is 9.26 Å². The van der Waals surface area contributed by atoms with E-state index in [1.807, 2.05) is 0 Å². The molecular weight excluding hydrogens is 396 g/mol. The summed E-state index contributed by atoms with van der Waals surface area (Å²) in [6.07, 6.45) is 8.17. The quantitative estimate of drug-likeness (QED) is 0.445. The van der Waals surface area contributed by atoms with Crippen LogP contribution in [0.2, 0.25) is 0 Å². The molecule has 0 aliphatic carbocycles. The van der Waals surface area contributed by atoms with E-state index in [1.54, 1.807) is 0 Å². The number of nitrogens with zero attached hydrogens (tertiary/aromatic N) is 4. The molecule has 2 saturated heterocycles. The van der Waals surface area contributed by atoms with Gasteiger partial charge in [-0.2, -0.15) is 4.98 Å². The molecule has 30 heavy (non-hydrogen) atoms. The van der Waals surface area contributed by atoms with Gasteiger partial charge in [0.05, 0.1) is 13.2 Å². The second-order valence-corrected chi connectivity index (χ2v) is 9.59. The molecule has 1 atom stereocenters. The van der Waals surface area contributed by atoms with Crippen molar-refractivity contribution in [1.29, 1.82) is 0 Å². The van der Waals surface area contributed by atoms with Gasteiger partial charge in [0.2, 0.25) is 5.89 Å². The van der Waals surface area contributed by atoms with Crippen LogP contribution in [0.25, 0.3) is 0 Å². The fourth-order valence-corrected chi connectivity index (χ4v) is 4.98. The summed E-state index contributed by atoms with van der Waals surface area (Å²) in [7, 11) is 0. The van der Waals surface area contributed by atoms with Crippen LogP contribution in [0, 0.1) is 11.8 Å². The first-order valence-electron chi connectivity index (χ1n) is 11.3. The zero-order valence-electron chi connectivity index (χ0n) is 18.3. The zero-order chi connectivity index (χ0) is 20.8. The molecule has 3 heterocycles. The molecule has 1 aromatic carbocycles. The zero-order valence-corrected chi connectivity index (χ0v) is 19.2. The summed E-state index contributed by atoms with van der Waals surface area (Å²) >= 11 is 1.30. The highest BCUT2D eigenvalue weighted by atomic mass is 32.2. The molecule has 0 unspecified atom stereocenters. The lowest BCUT2D eigenvalue weighted by atomic mass is 9.84. The largest absolute Gasteiger partial charge is 0.494 e. The summed E-state index contributed by atoms with van der Waals surface area (Å²) in [4.78, 5) is 10.7. The van der Waals surface area contributed by atoms with Crippen LogP contribution >= 0.6 is 0 Å². The SMILES string of the molecule is C[SH+]c1ccc(OCC[C@@H](C)C2CCN(c3noc(CN4CCCC4)n3)CC2)cc1. The van der Waals surface area contributed by atoms with E-state index < -0.39 is 0 Å². The van der Waals surface area contributed by atoms with Gasteiger partial charge in [-0.05, 0) is 86.5 Å². The van der Waals surface area contributed by atoms with E-state index in [0.29, 0.717) is 5.92 Å². The van der Waals surface area contributed by atoms with Gasteiger partial charge in [0.25, 0.3) is 5.95 Å². The van der Waals surface area contributed by atoms with Crippen LogP contribution in [0.1, 0.15) is 44.9 Å². The summed E-state index contributed by atoms with van der Waals surface area (Å²) in [6, 6.07) is 8.45. The first-order chi connectivity index (χ1) is 14.7. The summed E-state index contributed by atoms with van der Waals surface area (Å²) in [5, 5.41) is 4.24. The number of aromatic nitrogens is 2. The Balaban J connectivity index is 1.17. The molecule has 2 aromatic rings. The van der Waals surface area contributed by atoms with Crippen LogP contribution in [0.4, 0.5) is 5.95 Å². The van der Waals surface area contributed by atoms with E-state index >= 15 is 0 Å². The molecule has 2 fully saturated rings. The van der Waals surface area contributed by atoms with Crippen LogP contribution in [0.15, 0.2) is 33.7 Å². The summed E-state index contributed by atoms with van der Waals surface area (Å²) < 4.78 is 11.5. The highest BCUT2D eigenvalue weighted by Gasteiger charge is 2.26. The first kappa shape index (κ1) is 21.5. The highest BCUT2D eigenvalue weighted by Crippen LogP contribution is 2.29. The second-order valence-electron chi connectivity index (χ2n) is 8.63. The lowest BCUT2D eigenvalue weighted by Crippen LogP contribution is -2.36. The van der Waals surface area contributed by atoms with Crippen LogP contribution in [-0.2, 0) is 18.3 Å². The van der Waals surface area contributed by atoms with E-state index in [1.165, 1.54) is 42.3 Å². The Labute approximate surface area is 184 Å². The molecular formula is C23H35N4O2S+. The summed E-state index contributed by atoms with van der Waals surface area (Å²) in [5.41, 5.74) is 0. The van der Waals surface area contributed by atoms with Gasteiger partial charge in [-0.1, -0.05) is 6.92 Å². The van der Waals surface area contributed by atoms with Crippen molar-refractivity contribution in [3.8, 4) is 5.75 Å². The Hall–Kier alpha value is -1.73. The van der Waals surface area contributed by atoms with Gasteiger partial charge in [-0.15, -0.1) is 0 Å². The number of anilines is 1. The molecule has 1 aromatic heterocycles. The second kappa shape index (κ2) is 10.5. The maximum atomic E-state index is 5.96. The lowest BCUT2D eigenvalue weighted by Gasteiger charge is -2.34. The van der Waals surface area contributed by atoms with Crippen LogP contribution in [0.3, 0.4) is 0 Å². The average Bonchev–Trinajstić information content (AvgIpc) is 3.47. The molecule has 0 spiro atoms. The number of likely N-dealkylation sites (tertiary alicyclic amines) is 1. The van der Waals surface area contributed by atoms with Gasteiger partial charge in [0.15, 0.2) is 4.90 Å². The third-order valence-corrected chi connectivity index (χ3v) is 7.39. The Morgan fingerprint density at radius 1 is 1.13 bits per heavy atom. The van der Waals surface area contributed by atoms with Crippen LogP contribution in [-0.4, -0.2) is 54.1 Å². The van der Waals surface area contributed by atoms with Gasteiger partial charge >= 0.3 is 0 Å². The minimum absolute atomic E-state index is 0.663. The van der Waals surface area contributed by atoms with E-state index in [2.05, 4.69) is 57.4 Å². The molecule has 0 radical (unpaired) electrons. The number of hydrogen-bond acceptors (Lipinski definition) is 6. The van der Waals surface area contributed by atoms with Gasteiger partial charge in [0.1, 0.15) is 12.0 Å². The third kappa shape index (κ3) is 5.70. The Morgan fingerprint density at radius 3 is 2.57 bits per heavy atom. The fourth-order valence-electron chi connectivity index (χ4n) is 4.53. The summed E-state index contributed by atoms with van der Waals surface area (Å²) in [5.74, 6) is 3.91. The molecule has 0 saturated carbocycles. The van der Waals surface area contributed by atoms with E-state index in [-0.39, 0.29) is 0 Å². The predicted molar refractivity (Wildman–Crippen MR) is 122 cm³/mol. The van der Waals surface area contributed by atoms with Crippen molar-refractivity contribution in [3.63, 3.8) is 0 Å². The van der Waals surface area contributed by atoms with Crippen molar-refractivity contribution in [2.75, 3.05) is 43.9 Å². The number of rotatable bonds is 9. The number of ether oxygens (including phenoxy) is 1. The monoisotopic (exact) mass is 431 g/mol. The number of hydrogen-bond donors (Lipinski definition) is 0. The molecule has 2 aliphatic heterocycles. The van der Waals surface area contributed by atoms with Gasteiger partial charge in [-0.25, -0.2) is 0 Å². The lowest BCUT2D eigenvalue weighted by molar-refractivity contribution is 0.222. The standard InChI is InChI=1S/C23H34N4O2S/c1-18(11-16-28-20-5-7-21(30-2)8-6-20)19-9-14-27(15-10-19)23-24-22(29-25-23)17-26-12-3-4-13-26/h5-8,18-19H,3-4,9-17H2,1-2H3/p+1/t18-/m1/s1. The fraction of sp³-hybridized carbons (Fsp3) is 0.652. The number of piperidine rings is 1. The third-order valence-electron chi connectivity index (χ3n) is 6.58. The molecule has 164 valence electrons. The maximum absolute atomic E-state index is 5.96. The topological polar surface area (TPSA) is 54.6 Å². The molecule has 6 nitrogen and oxygen atoms in total. The van der Waals surface area contributed by atoms with Crippen LogP contribution < -0.4 is 9.64 Å². The summed E-state index contributed by atoms with van der Waals surface area (Å²) in [6.45, 7) is 8.26. The van der Waals surface area contributed by atoms with Crippen molar-refractivity contribution in [1.82, 2.24) is 15.0 Å². The molecule has 7 heteroatoms. The van der Waals surface area contributed by atoms with Crippen molar-refractivity contribution in [2.24, 2.45) is 11.8 Å². The van der Waals surface area contributed by atoms with E-state index in [4.69, 9.17) is 9.26 Å². The molecule has 0 amide bonds. The van der Waals surface area contributed by atoms with Gasteiger partial charge in [-0.3, -0.25) is 4.90 Å². The Morgan fingerprint density at radius 2 is 1.87 bits per heavy atom. The smallest absolute Gasteiger partial charge is 0.266 e. The number of thiol groups is 1. The van der Waals surface area contributed by atoms with Crippen molar-refractivity contribution in [2.45, 2.75) is 50.5 Å². The highest BCUT2D eigenvalue weighted by molar-refractivity contribution is 7.77. The number of benzene rings is 1. The van der Waals surface area contributed by atoms with E-state index in [0.717, 1.165) is 69.3 Å². The predicted octanol–water partition coefficient (Wildman–Crippen LogP) is 3.79. The Bertz CT molecular complexity index is 768. The molecule has 2 aliphatic rings. The minimum atomic E-state index is 0.663. The maximum Gasteiger partial charge on any atom is 0.266 e. The molecule has 0 bridgehead atoms.